The largest absolute Gasteiger partial charge is 0.496 e. The quantitative estimate of drug-likeness (QED) is 0.476. The van der Waals surface area contributed by atoms with Gasteiger partial charge in [-0.15, -0.1) is 10.2 Å². The van der Waals surface area contributed by atoms with Gasteiger partial charge in [-0.1, -0.05) is 35.0 Å². The van der Waals surface area contributed by atoms with Crippen LogP contribution in [-0.4, -0.2) is 46.2 Å². The summed E-state index contributed by atoms with van der Waals surface area (Å²) < 4.78 is 12.4. The molecule has 0 aliphatic heterocycles. The first-order chi connectivity index (χ1) is 15.2. The third-order valence-corrected chi connectivity index (χ3v) is 5.90. The minimum absolute atomic E-state index is 0.371. The van der Waals surface area contributed by atoms with Crippen LogP contribution in [0.5, 0.6) is 11.5 Å². The van der Waals surface area contributed by atoms with Crippen molar-refractivity contribution < 1.29 is 19.1 Å². The van der Waals surface area contributed by atoms with Crippen molar-refractivity contribution in [2.75, 3.05) is 14.2 Å². The van der Waals surface area contributed by atoms with Crippen molar-refractivity contribution in [3.05, 3.63) is 46.4 Å². The van der Waals surface area contributed by atoms with Crippen molar-refractivity contribution in [1.29, 1.82) is 0 Å². The molecule has 0 spiro atoms. The molecular formula is C20H19Cl2N5O4S. The summed E-state index contributed by atoms with van der Waals surface area (Å²) in [5, 5.41) is 11.1. The maximum atomic E-state index is 12.2. The van der Waals surface area contributed by atoms with E-state index in [1.54, 1.807) is 47.9 Å². The van der Waals surface area contributed by atoms with E-state index >= 15 is 0 Å². The number of methoxy groups -OCH3 is 2. The van der Waals surface area contributed by atoms with Crippen molar-refractivity contribution in [3.63, 3.8) is 0 Å². The van der Waals surface area contributed by atoms with Crippen LogP contribution in [0.3, 0.4) is 0 Å². The summed E-state index contributed by atoms with van der Waals surface area (Å²) in [4.78, 5) is 23.2. The van der Waals surface area contributed by atoms with Gasteiger partial charge in [0.1, 0.15) is 11.5 Å². The Bertz CT molecular complexity index is 1170. The molecule has 0 aliphatic rings. The predicted molar refractivity (Wildman–Crippen MR) is 123 cm³/mol. The van der Waals surface area contributed by atoms with Gasteiger partial charge < -0.3 is 15.2 Å². The Kier molecular flexibility index (Phi) is 7.49. The number of thioether (sulfide) groups is 1. The number of rotatable bonds is 7. The normalized spacial score (nSPS) is 11.7. The first-order valence-electron chi connectivity index (χ1n) is 9.15. The summed E-state index contributed by atoms with van der Waals surface area (Å²) in [7, 11) is 3.05. The highest BCUT2D eigenvalue weighted by molar-refractivity contribution is 8.00. The van der Waals surface area contributed by atoms with Crippen molar-refractivity contribution in [2.45, 2.75) is 17.3 Å². The Hall–Kier alpha value is -2.95. The molecule has 0 aliphatic carbocycles. The highest BCUT2D eigenvalue weighted by atomic mass is 35.5. The molecule has 3 aromatic rings. The van der Waals surface area contributed by atoms with Gasteiger partial charge >= 0.3 is 6.03 Å². The molecule has 9 nitrogen and oxygen atoms in total. The number of primary amides is 1. The van der Waals surface area contributed by atoms with Gasteiger partial charge in [0.2, 0.25) is 5.91 Å². The molecule has 0 radical (unpaired) electrons. The molecular weight excluding hydrogens is 477 g/mol. The number of hydrogen-bond donors (Lipinski definition) is 2. The van der Waals surface area contributed by atoms with Crippen molar-refractivity contribution >= 4 is 46.9 Å². The van der Waals surface area contributed by atoms with Gasteiger partial charge in [-0.05, 0) is 43.3 Å². The SMILES string of the molecule is COc1ccc(-n2c(S[C@@H](C)C(=O)NC(N)=O)nnc2-c2cc(Cl)ccc2OC)cc1Cl. The number of aromatic nitrogens is 3. The second kappa shape index (κ2) is 10.1. The fourth-order valence-corrected chi connectivity index (χ4v) is 4.13. The lowest BCUT2D eigenvalue weighted by Crippen LogP contribution is -2.39. The van der Waals surface area contributed by atoms with Crippen LogP contribution in [0.1, 0.15) is 6.92 Å². The van der Waals surface area contributed by atoms with Crippen LogP contribution < -0.4 is 20.5 Å². The fourth-order valence-electron chi connectivity index (χ4n) is 2.84. The minimum Gasteiger partial charge on any atom is -0.496 e. The van der Waals surface area contributed by atoms with Crippen LogP contribution in [0.25, 0.3) is 17.1 Å². The maximum absolute atomic E-state index is 12.2. The molecule has 3 amide bonds. The van der Waals surface area contributed by atoms with E-state index in [0.29, 0.717) is 43.8 Å². The van der Waals surface area contributed by atoms with E-state index in [1.807, 2.05) is 0 Å². The zero-order valence-corrected chi connectivity index (χ0v) is 19.6. The molecule has 2 aromatic carbocycles. The highest BCUT2D eigenvalue weighted by Crippen LogP contribution is 2.37. The smallest absolute Gasteiger partial charge is 0.318 e. The average molecular weight is 496 g/mol. The van der Waals surface area contributed by atoms with Crippen LogP contribution in [0.2, 0.25) is 10.0 Å². The number of nitrogens with two attached hydrogens (primary N) is 1. The predicted octanol–water partition coefficient (Wildman–Crippen LogP) is 3.93. The number of carbonyl (C=O) groups is 2. The van der Waals surface area contributed by atoms with E-state index in [0.717, 1.165) is 11.8 Å². The zero-order valence-electron chi connectivity index (χ0n) is 17.3. The number of urea groups is 1. The summed E-state index contributed by atoms with van der Waals surface area (Å²) in [5.41, 5.74) is 6.25. The van der Waals surface area contributed by atoms with Crippen LogP contribution in [-0.2, 0) is 4.79 Å². The van der Waals surface area contributed by atoms with E-state index in [-0.39, 0.29) is 0 Å². The average Bonchev–Trinajstić information content (AvgIpc) is 3.16. The third kappa shape index (κ3) is 5.09. The molecule has 32 heavy (non-hydrogen) atoms. The number of amides is 3. The molecule has 1 atom stereocenters. The molecule has 3 rings (SSSR count). The zero-order chi connectivity index (χ0) is 23.4. The van der Waals surface area contributed by atoms with E-state index in [1.165, 1.54) is 14.2 Å². The molecule has 0 unspecified atom stereocenters. The Morgan fingerprint density at radius 3 is 2.41 bits per heavy atom. The summed E-state index contributed by atoms with van der Waals surface area (Å²) in [6.45, 7) is 1.61. The van der Waals surface area contributed by atoms with E-state index in [2.05, 4.69) is 15.5 Å². The van der Waals surface area contributed by atoms with Gasteiger partial charge in [-0.25, -0.2) is 4.79 Å². The van der Waals surface area contributed by atoms with Crippen molar-refractivity contribution in [1.82, 2.24) is 20.1 Å². The lowest BCUT2D eigenvalue weighted by atomic mass is 10.2. The summed E-state index contributed by atoms with van der Waals surface area (Å²) in [5.74, 6) is 0.870. The maximum Gasteiger partial charge on any atom is 0.318 e. The second-order valence-electron chi connectivity index (χ2n) is 6.42. The van der Waals surface area contributed by atoms with Crippen LogP contribution >= 0.6 is 35.0 Å². The number of nitrogens with one attached hydrogen (secondary N) is 1. The molecule has 3 N–H and O–H groups in total. The number of imide groups is 1. The number of benzene rings is 2. The molecule has 0 bridgehead atoms. The molecule has 0 fully saturated rings. The fraction of sp³-hybridized carbons (Fsp3) is 0.200. The summed E-state index contributed by atoms with van der Waals surface area (Å²) in [6, 6.07) is 9.33. The van der Waals surface area contributed by atoms with Crippen molar-refractivity contribution in [3.8, 4) is 28.6 Å². The standard InChI is InChI=1S/C20H19Cl2N5O4S/c1-10(18(28)24-19(23)29)32-20-26-25-17(13-8-11(21)4-6-15(13)30-2)27(20)12-5-7-16(31-3)14(22)9-12/h4-10H,1-3H3,(H3,23,24,28,29)/t10-/m0/s1. The van der Waals surface area contributed by atoms with E-state index in [4.69, 9.17) is 38.4 Å². The van der Waals surface area contributed by atoms with Crippen molar-refractivity contribution in [2.24, 2.45) is 5.73 Å². The number of ether oxygens (including phenoxy) is 2. The van der Waals surface area contributed by atoms with Gasteiger partial charge in [0.15, 0.2) is 11.0 Å². The third-order valence-electron chi connectivity index (χ3n) is 4.33. The topological polar surface area (TPSA) is 121 Å². The molecule has 1 heterocycles. The summed E-state index contributed by atoms with van der Waals surface area (Å²) in [6.07, 6.45) is 0. The van der Waals surface area contributed by atoms with E-state index < -0.39 is 17.2 Å². The van der Waals surface area contributed by atoms with Gasteiger partial charge in [-0.3, -0.25) is 14.7 Å². The first-order valence-corrected chi connectivity index (χ1v) is 10.8. The van der Waals surface area contributed by atoms with Crippen LogP contribution in [0, 0.1) is 0 Å². The summed E-state index contributed by atoms with van der Waals surface area (Å²) >= 11 is 13.6. The number of nitrogens with zero attached hydrogens (tertiary/aromatic N) is 3. The Labute approximate surface area is 198 Å². The van der Waals surface area contributed by atoms with Gasteiger partial charge in [0, 0.05) is 5.02 Å². The Morgan fingerprint density at radius 1 is 1.09 bits per heavy atom. The monoisotopic (exact) mass is 495 g/mol. The van der Waals surface area contributed by atoms with Gasteiger partial charge in [0.25, 0.3) is 0 Å². The van der Waals surface area contributed by atoms with Crippen LogP contribution in [0.4, 0.5) is 4.79 Å². The van der Waals surface area contributed by atoms with Crippen LogP contribution in [0.15, 0.2) is 41.6 Å². The lowest BCUT2D eigenvalue weighted by Gasteiger charge is -2.15. The number of carbonyl (C=O) groups excluding carboxylic acids is 2. The molecule has 168 valence electrons. The number of halogens is 2. The molecule has 12 heteroatoms. The molecule has 0 saturated carbocycles. The van der Waals surface area contributed by atoms with E-state index in [9.17, 15) is 9.59 Å². The second-order valence-corrected chi connectivity index (χ2v) is 8.57. The minimum atomic E-state index is -0.935. The van der Waals surface area contributed by atoms with Gasteiger partial charge in [0.05, 0.1) is 35.7 Å². The molecule has 1 aromatic heterocycles. The first kappa shape index (κ1) is 23.7. The number of hydrogen-bond acceptors (Lipinski definition) is 7. The lowest BCUT2D eigenvalue weighted by molar-refractivity contribution is -0.119. The Balaban J connectivity index is 2.15. The van der Waals surface area contributed by atoms with Gasteiger partial charge in [-0.2, -0.15) is 0 Å². The molecule has 0 saturated heterocycles. The Morgan fingerprint density at radius 2 is 1.78 bits per heavy atom. The highest BCUT2D eigenvalue weighted by Gasteiger charge is 2.24.